The number of nitrogens with one attached hydrogen (secondary N) is 2. The van der Waals surface area contributed by atoms with Gasteiger partial charge < -0.3 is 10.1 Å². The lowest BCUT2D eigenvalue weighted by Crippen LogP contribution is -2.17. The number of aromatic nitrogens is 2. The maximum absolute atomic E-state index is 11.5. The number of hydrogen-bond acceptors (Lipinski definition) is 3. The van der Waals surface area contributed by atoms with Crippen LogP contribution >= 0.6 is 11.6 Å². The Hall–Kier alpha value is -1.85. The van der Waals surface area contributed by atoms with Gasteiger partial charge in [-0.05, 0) is 11.6 Å². The first-order chi connectivity index (χ1) is 8.75. The Labute approximate surface area is 109 Å². The predicted molar refractivity (Wildman–Crippen MR) is 68.3 cm³/mol. The largest absolute Gasteiger partial charge is 0.367 e. The van der Waals surface area contributed by atoms with Crippen LogP contribution in [0, 0.1) is 0 Å². The maximum atomic E-state index is 11.5. The number of benzene rings is 1. The Kier molecular flexibility index (Phi) is 4.33. The monoisotopic (exact) mass is 265 g/mol. The highest BCUT2D eigenvalue weighted by Gasteiger charge is 2.04. The van der Waals surface area contributed by atoms with E-state index in [9.17, 15) is 4.79 Å². The molecule has 18 heavy (non-hydrogen) atoms. The van der Waals surface area contributed by atoms with Crippen molar-refractivity contribution in [2.45, 2.75) is 6.61 Å². The number of H-pyrrole nitrogens is 1. The average Bonchev–Trinajstić information content (AvgIpc) is 2.84. The van der Waals surface area contributed by atoms with Crippen molar-refractivity contribution in [2.75, 3.05) is 11.9 Å². The van der Waals surface area contributed by atoms with Gasteiger partial charge in [0.2, 0.25) is 5.91 Å². The summed E-state index contributed by atoms with van der Waals surface area (Å²) < 4.78 is 5.28. The van der Waals surface area contributed by atoms with Crippen LogP contribution in [-0.4, -0.2) is 22.7 Å². The van der Waals surface area contributed by atoms with Crippen LogP contribution in [0.15, 0.2) is 36.7 Å². The SMILES string of the molecule is O=C(COCc1ccccc1Cl)Nc1cn[nH]c1. The molecule has 2 N–H and O–H groups in total. The molecule has 0 saturated carbocycles. The van der Waals surface area contributed by atoms with Gasteiger partial charge in [0.05, 0.1) is 18.5 Å². The number of rotatable bonds is 5. The minimum atomic E-state index is -0.233. The highest BCUT2D eigenvalue weighted by atomic mass is 35.5. The number of amides is 1. The number of aromatic amines is 1. The van der Waals surface area contributed by atoms with Crippen molar-refractivity contribution >= 4 is 23.2 Å². The molecule has 1 aromatic carbocycles. The zero-order chi connectivity index (χ0) is 12.8. The van der Waals surface area contributed by atoms with E-state index in [0.717, 1.165) is 5.56 Å². The summed E-state index contributed by atoms with van der Waals surface area (Å²) in [5.74, 6) is -0.233. The van der Waals surface area contributed by atoms with Crippen molar-refractivity contribution in [3.8, 4) is 0 Å². The van der Waals surface area contributed by atoms with Gasteiger partial charge in [-0.15, -0.1) is 0 Å². The van der Waals surface area contributed by atoms with E-state index in [1.807, 2.05) is 18.2 Å². The number of ether oxygens (including phenoxy) is 1. The van der Waals surface area contributed by atoms with Crippen LogP contribution in [0.1, 0.15) is 5.56 Å². The summed E-state index contributed by atoms with van der Waals surface area (Å²) >= 11 is 5.96. The molecular formula is C12H12ClN3O2. The first-order valence-corrected chi connectivity index (χ1v) is 5.73. The van der Waals surface area contributed by atoms with Crippen molar-refractivity contribution in [1.29, 1.82) is 0 Å². The van der Waals surface area contributed by atoms with E-state index >= 15 is 0 Å². The molecule has 0 aliphatic heterocycles. The fraction of sp³-hybridized carbons (Fsp3) is 0.167. The van der Waals surface area contributed by atoms with Crippen molar-refractivity contribution < 1.29 is 9.53 Å². The van der Waals surface area contributed by atoms with Gasteiger partial charge in [-0.3, -0.25) is 9.89 Å². The fourth-order valence-electron chi connectivity index (χ4n) is 1.39. The number of carbonyl (C=O) groups excluding carboxylic acids is 1. The van der Waals surface area contributed by atoms with Crippen molar-refractivity contribution in [3.05, 3.63) is 47.2 Å². The number of anilines is 1. The smallest absolute Gasteiger partial charge is 0.250 e. The lowest BCUT2D eigenvalue weighted by molar-refractivity contribution is -0.121. The van der Waals surface area contributed by atoms with E-state index in [4.69, 9.17) is 16.3 Å². The second-order valence-electron chi connectivity index (χ2n) is 3.62. The number of hydrogen-bond donors (Lipinski definition) is 2. The van der Waals surface area contributed by atoms with Crippen molar-refractivity contribution in [3.63, 3.8) is 0 Å². The molecule has 0 spiro atoms. The van der Waals surface area contributed by atoms with Gasteiger partial charge in [-0.2, -0.15) is 5.10 Å². The molecule has 0 aliphatic carbocycles. The van der Waals surface area contributed by atoms with Crippen LogP contribution < -0.4 is 5.32 Å². The Morgan fingerprint density at radius 1 is 1.44 bits per heavy atom. The zero-order valence-electron chi connectivity index (χ0n) is 9.52. The van der Waals surface area contributed by atoms with Crippen molar-refractivity contribution in [2.24, 2.45) is 0 Å². The molecule has 1 amide bonds. The van der Waals surface area contributed by atoms with Gasteiger partial charge in [-0.25, -0.2) is 0 Å². The molecule has 0 atom stereocenters. The van der Waals surface area contributed by atoms with Crippen LogP contribution in [0.5, 0.6) is 0 Å². The molecule has 2 rings (SSSR count). The number of carbonyl (C=O) groups is 1. The third-order valence-electron chi connectivity index (χ3n) is 2.23. The highest BCUT2D eigenvalue weighted by Crippen LogP contribution is 2.15. The lowest BCUT2D eigenvalue weighted by Gasteiger charge is -2.06. The normalized spacial score (nSPS) is 10.3. The van der Waals surface area contributed by atoms with Gasteiger partial charge in [0, 0.05) is 11.2 Å². The number of halogens is 1. The molecule has 0 radical (unpaired) electrons. The Bertz CT molecular complexity index is 514. The maximum Gasteiger partial charge on any atom is 0.250 e. The summed E-state index contributed by atoms with van der Waals surface area (Å²) in [6.45, 7) is 0.273. The fourth-order valence-corrected chi connectivity index (χ4v) is 1.58. The summed E-state index contributed by atoms with van der Waals surface area (Å²) in [5, 5.41) is 9.58. The van der Waals surface area contributed by atoms with Gasteiger partial charge >= 0.3 is 0 Å². The summed E-state index contributed by atoms with van der Waals surface area (Å²) in [6.07, 6.45) is 3.11. The van der Waals surface area contributed by atoms with Gasteiger partial charge in [-0.1, -0.05) is 29.8 Å². The van der Waals surface area contributed by atoms with E-state index in [1.54, 1.807) is 12.3 Å². The second kappa shape index (κ2) is 6.18. The van der Waals surface area contributed by atoms with E-state index in [2.05, 4.69) is 15.5 Å². The van der Waals surface area contributed by atoms with E-state index in [-0.39, 0.29) is 12.5 Å². The number of nitrogens with zero attached hydrogens (tertiary/aromatic N) is 1. The molecule has 0 unspecified atom stereocenters. The topological polar surface area (TPSA) is 67.0 Å². The molecular weight excluding hydrogens is 254 g/mol. The molecule has 0 aliphatic rings. The van der Waals surface area contributed by atoms with Gasteiger partial charge in [0.25, 0.3) is 0 Å². The molecule has 6 heteroatoms. The average molecular weight is 266 g/mol. The van der Waals surface area contributed by atoms with Crippen LogP contribution in [0.2, 0.25) is 5.02 Å². The van der Waals surface area contributed by atoms with Crippen LogP contribution in [0.4, 0.5) is 5.69 Å². The van der Waals surface area contributed by atoms with Crippen molar-refractivity contribution in [1.82, 2.24) is 10.2 Å². The van der Waals surface area contributed by atoms with Gasteiger partial charge in [0.1, 0.15) is 6.61 Å². The molecule has 0 saturated heterocycles. The second-order valence-corrected chi connectivity index (χ2v) is 4.03. The highest BCUT2D eigenvalue weighted by molar-refractivity contribution is 6.31. The quantitative estimate of drug-likeness (QED) is 0.871. The van der Waals surface area contributed by atoms with E-state index < -0.39 is 0 Å². The van der Waals surface area contributed by atoms with E-state index in [0.29, 0.717) is 17.3 Å². The molecule has 1 aromatic heterocycles. The molecule has 0 bridgehead atoms. The predicted octanol–water partition coefficient (Wildman–Crippen LogP) is 2.22. The third-order valence-corrected chi connectivity index (χ3v) is 2.60. The van der Waals surface area contributed by atoms with E-state index in [1.165, 1.54) is 6.20 Å². The minimum Gasteiger partial charge on any atom is -0.367 e. The molecule has 5 nitrogen and oxygen atoms in total. The van der Waals surface area contributed by atoms with Gasteiger partial charge in [0.15, 0.2) is 0 Å². The minimum absolute atomic E-state index is 0.0313. The first kappa shape index (κ1) is 12.6. The Morgan fingerprint density at radius 2 is 2.28 bits per heavy atom. The summed E-state index contributed by atoms with van der Waals surface area (Å²) in [5.41, 5.74) is 1.47. The Morgan fingerprint density at radius 3 is 3.00 bits per heavy atom. The zero-order valence-corrected chi connectivity index (χ0v) is 10.3. The van der Waals surface area contributed by atoms with Crippen LogP contribution in [0.3, 0.4) is 0 Å². The van der Waals surface area contributed by atoms with Crippen LogP contribution in [0.25, 0.3) is 0 Å². The molecule has 0 fully saturated rings. The summed E-state index contributed by atoms with van der Waals surface area (Å²) in [4.78, 5) is 11.5. The molecule has 1 heterocycles. The summed E-state index contributed by atoms with van der Waals surface area (Å²) in [7, 11) is 0. The molecule has 94 valence electrons. The summed E-state index contributed by atoms with van der Waals surface area (Å²) in [6, 6.07) is 7.36. The lowest BCUT2D eigenvalue weighted by atomic mass is 10.2. The first-order valence-electron chi connectivity index (χ1n) is 5.35. The molecule has 2 aromatic rings. The Balaban J connectivity index is 1.75. The standard InChI is InChI=1S/C12H12ClN3O2/c13-11-4-2-1-3-9(11)7-18-8-12(17)16-10-5-14-15-6-10/h1-6H,7-8H2,(H,14,15)(H,16,17). The third kappa shape index (κ3) is 3.58. The van der Waals surface area contributed by atoms with Crippen LogP contribution in [-0.2, 0) is 16.1 Å².